The number of hydrogen-bond acceptors (Lipinski definition) is 10. The molecule has 1 aromatic carbocycles. The summed E-state index contributed by atoms with van der Waals surface area (Å²) in [6.07, 6.45) is 0. The second-order valence-electron chi connectivity index (χ2n) is 15.0. The first kappa shape index (κ1) is 40.0. The smallest absolute Gasteiger partial charge is 0.359 e. The molecule has 0 heterocycles. The van der Waals surface area contributed by atoms with Gasteiger partial charge in [-0.15, -0.1) is 0 Å². The van der Waals surface area contributed by atoms with Gasteiger partial charge in [-0.25, -0.2) is 0 Å². The predicted octanol–water partition coefficient (Wildman–Crippen LogP) is 9.47. The maximum Gasteiger partial charge on any atom is 0.359 e. The second kappa shape index (κ2) is 13.4. The van der Waals surface area contributed by atoms with E-state index in [1.165, 1.54) is 21.3 Å². The molecule has 0 aliphatic rings. The molecule has 0 spiro atoms. The van der Waals surface area contributed by atoms with Gasteiger partial charge in [-0.3, -0.25) is 9.13 Å². The first-order valence-electron chi connectivity index (χ1n) is 14.0. The zero-order chi connectivity index (χ0) is 33.4. The zero-order valence-electron chi connectivity index (χ0n) is 29.1. The molecule has 0 saturated heterocycles. The van der Waals surface area contributed by atoms with Gasteiger partial charge >= 0.3 is 15.2 Å². The van der Waals surface area contributed by atoms with Crippen LogP contribution in [0.25, 0.3) is 0 Å². The quantitative estimate of drug-likeness (QED) is 0.121. The van der Waals surface area contributed by atoms with Gasteiger partial charge in [0.05, 0.1) is 21.3 Å². The molecule has 0 saturated carbocycles. The van der Waals surface area contributed by atoms with Crippen LogP contribution in [-0.4, -0.2) is 62.9 Å². The van der Waals surface area contributed by atoms with Gasteiger partial charge in [0.1, 0.15) is 0 Å². The molecule has 17 heteroatoms. The molecular weight excluding hydrogens is 663 g/mol. The molecule has 0 bridgehead atoms. The van der Waals surface area contributed by atoms with Crippen LogP contribution in [0.3, 0.4) is 0 Å². The molecule has 10 nitrogen and oxygen atoms in total. The van der Waals surface area contributed by atoms with Gasteiger partial charge in [-0.1, -0.05) is 0 Å². The topological polar surface area (TPSA) is 108 Å². The monoisotopic (exact) mass is 718 g/mol. The van der Waals surface area contributed by atoms with Crippen LogP contribution in [0.1, 0.15) is 5.56 Å². The maximum absolute atomic E-state index is 16.0. The fourth-order valence-corrected chi connectivity index (χ4v) is 25.6. The molecule has 0 amide bonds. The maximum atomic E-state index is 16.0. The van der Waals surface area contributed by atoms with Crippen LogP contribution < -0.4 is 14.2 Å². The highest BCUT2D eigenvalue weighted by molar-refractivity contribution is 7.75. The molecule has 0 unspecified atom stereocenters. The van der Waals surface area contributed by atoms with Crippen molar-refractivity contribution >= 4 is 56.8 Å². The molecule has 0 aromatic heterocycles. The molecule has 0 aliphatic heterocycles. The summed E-state index contributed by atoms with van der Waals surface area (Å²) in [7, 11) is -18.3. The van der Waals surface area contributed by atoms with Crippen molar-refractivity contribution in [2.45, 2.75) is 103 Å². The lowest BCUT2D eigenvalue weighted by molar-refractivity contribution is 0.152. The Morgan fingerprint density at radius 1 is 0.500 bits per heavy atom. The van der Waals surface area contributed by atoms with E-state index in [0.717, 1.165) is 0 Å². The van der Waals surface area contributed by atoms with E-state index in [-0.39, 0.29) is 17.1 Å². The van der Waals surface area contributed by atoms with Crippen LogP contribution in [-0.2, 0) is 35.5 Å². The van der Waals surface area contributed by atoms with Gasteiger partial charge in [0.25, 0.3) is 5.08 Å². The fraction of sp³-hybridized carbons (Fsp3) is 0.760. The summed E-state index contributed by atoms with van der Waals surface area (Å²) in [5.41, 5.74) is 0.194. The van der Waals surface area contributed by atoms with E-state index in [2.05, 4.69) is 0 Å². The minimum Gasteiger partial charge on any atom is -0.493 e. The van der Waals surface area contributed by atoms with Crippen molar-refractivity contribution in [3.8, 4) is 17.2 Å². The lowest BCUT2D eigenvalue weighted by Gasteiger charge is -2.50. The number of rotatable bonds is 16. The molecule has 0 aliphatic carbocycles. The second-order valence-corrected chi connectivity index (χ2v) is 42.9. The Morgan fingerprint density at radius 3 is 0.976 bits per heavy atom. The third-order valence-corrected chi connectivity index (χ3v) is 22.3. The molecular formula is C25H56O10P2Si5. The van der Waals surface area contributed by atoms with Crippen LogP contribution >= 0.6 is 15.2 Å². The van der Waals surface area contributed by atoms with E-state index in [9.17, 15) is 0 Å². The summed E-state index contributed by atoms with van der Waals surface area (Å²) in [5, 5.41) is -2.31. The Morgan fingerprint density at radius 2 is 0.786 bits per heavy atom. The molecule has 1 aromatic rings. The van der Waals surface area contributed by atoms with Gasteiger partial charge in [-0.05, 0) is 110 Å². The molecule has 0 atom stereocenters. The molecule has 246 valence electrons. The third kappa shape index (κ3) is 10.5. The fourth-order valence-electron chi connectivity index (χ4n) is 4.06. The number of hydrogen-bond donors (Lipinski definition) is 0. The van der Waals surface area contributed by atoms with Crippen LogP contribution in [0.5, 0.6) is 17.2 Å². The summed E-state index contributed by atoms with van der Waals surface area (Å²) in [4.78, 5) is 0. The Balaban J connectivity index is 4.81. The number of benzene rings is 1. The summed E-state index contributed by atoms with van der Waals surface area (Å²) in [6, 6.07) is 3.20. The van der Waals surface area contributed by atoms with Gasteiger partial charge in [-0.2, -0.15) is 0 Å². The zero-order valence-corrected chi connectivity index (χ0v) is 35.9. The van der Waals surface area contributed by atoms with E-state index in [0.29, 0.717) is 5.75 Å². The van der Waals surface area contributed by atoms with E-state index in [1.807, 2.05) is 98.2 Å². The van der Waals surface area contributed by atoms with Gasteiger partial charge in [0, 0.05) is 5.56 Å². The van der Waals surface area contributed by atoms with Crippen LogP contribution in [0.15, 0.2) is 12.1 Å². The summed E-state index contributed by atoms with van der Waals surface area (Å²) in [5.74, 6) is 0.829. The van der Waals surface area contributed by atoms with E-state index in [1.54, 1.807) is 12.1 Å². The predicted molar refractivity (Wildman–Crippen MR) is 185 cm³/mol. The Labute approximate surface area is 260 Å². The Bertz CT molecular complexity index is 1060. The van der Waals surface area contributed by atoms with E-state index in [4.69, 9.17) is 35.5 Å². The number of methoxy groups -OCH3 is 3. The SMILES string of the molecule is COc1cc(C(O[Si](C)(C)C)(P(=O)(O[Si](C)(C)C)O[Si](C)(C)C)P(=O)(O[Si](C)(C)C)O[Si](C)(C)C)cc(OC)c1OC. The summed E-state index contributed by atoms with van der Waals surface area (Å²) >= 11 is 0. The molecule has 0 N–H and O–H groups in total. The minimum atomic E-state index is -4.58. The standard InChI is InChI=1S/C25H56O10P2Si5/c1-28-22-19-21(20-23(29-2)24(22)30-3)25(31-38(4,5)6,36(26,32-39(7,8)9)33-40(10,11)12)37(27,34-41(13,14)15)35-42(16,17)18/h19-20H,1-18H3. The molecule has 1 rings (SSSR count). The first-order chi connectivity index (χ1) is 18.5. The van der Waals surface area contributed by atoms with Crippen molar-refractivity contribution in [3.63, 3.8) is 0 Å². The summed E-state index contributed by atoms with van der Waals surface area (Å²) < 4.78 is 82.7. The first-order valence-corrected chi connectivity index (χ1v) is 34.1. The summed E-state index contributed by atoms with van der Waals surface area (Å²) in [6.45, 7) is 28.7. The van der Waals surface area contributed by atoms with E-state index < -0.39 is 61.9 Å². The normalized spacial score (nSPS) is 14.6. The van der Waals surface area contributed by atoms with Gasteiger partial charge < -0.3 is 35.5 Å². The highest BCUT2D eigenvalue weighted by Gasteiger charge is 2.72. The van der Waals surface area contributed by atoms with Gasteiger partial charge in [0.2, 0.25) is 5.75 Å². The molecule has 0 fully saturated rings. The Hall–Kier alpha value is -0.0356. The highest BCUT2D eigenvalue weighted by atomic mass is 31.2. The minimum absolute atomic E-state index is 0.194. The van der Waals surface area contributed by atoms with Crippen LogP contribution in [0, 0.1) is 0 Å². The average molecular weight is 719 g/mol. The Kier molecular flexibility index (Phi) is 12.7. The lowest BCUT2D eigenvalue weighted by Crippen LogP contribution is -2.48. The van der Waals surface area contributed by atoms with Crippen molar-refractivity contribution in [2.75, 3.05) is 21.3 Å². The largest absolute Gasteiger partial charge is 0.493 e. The third-order valence-electron chi connectivity index (χ3n) is 4.81. The lowest BCUT2D eigenvalue weighted by atomic mass is 10.2. The highest BCUT2D eigenvalue weighted by Crippen LogP contribution is 2.85. The van der Waals surface area contributed by atoms with Crippen LogP contribution in [0.4, 0.5) is 0 Å². The van der Waals surface area contributed by atoms with Crippen molar-refractivity contribution in [2.24, 2.45) is 0 Å². The van der Waals surface area contributed by atoms with Gasteiger partial charge in [0.15, 0.2) is 53.1 Å². The molecule has 0 radical (unpaired) electrons. The average Bonchev–Trinajstić information content (AvgIpc) is 2.69. The van der Waals surface area contributed by atoms with Crippen molar-refractivity contribution < 1.29 is 44.6 Å². The molecule has 42 heavy (non-hydrogen) atoms. The number of ether oxygens (including phenoxy) is 3. The van der Waals surface area contributed by atoms with Crippen molar-refractivity contribution in [1.82, 2.24) is 0 Å². The van der Waals surface area contributed by atoms with Crippen LogP contribution in [0.2, 0.25) is 98.2 Å². The van der Waals surface area contributed by atoms with Crippen molar-refractivity contribution in [3.05, 3.63) is 17.7 Å². The van der Waals surface area contributed by atoms with E-state index >= 15 is 9.13 Å². The van der Waals surface area contributed by atoms with Crippen molar-refractivity contribution in [1.29, 1.82) is 0 Å².